The Morgan fingerprint density at radius 3 is 1.38 bits per heavy atom. The largest absolute Gasteiger partial charge is 0.369 e. The van der Waals surface area contributed by atoms with Gasteiger partial charge in [-0.15, -0.1) is 0 Å². The molecule has 0 aliphatic heterocycles. The Hall–Kier alpha value is -1.44. The fourth-order valence-electron chi connectivity index (χ4n) is 0.0596. The van der Waals surface area contributed by atoms with Crippen molar-refractivity contribution < 1.29 is 10.1 Å². The molecule has 8 heavy (non-hydrogen) atoms. The van der Waals surface area contributed by atoms with Crippen molar-refractivity contribution in [2.75, 3.05) is 0 Å². The predicted molar refractivity (Wildman–Crippen MR) is 23.3 cm³/mol. The zero-order valence-electron chi connectivity index (χ0n) is 3.97. The van der Waals surface area contributed by atoms with Crippen LogP contribution in [0.25, 0.3) is 5.53 Å². The van der Waals surface area contributed by atoms with E-state index in [1.165, 1.54) is 0 Å². The molecule has 0 aliphatic rings. The smallest absolute Gasteiger partial charge is 0.0464 e. The molecular formula is H4N4O4. The van der Waals surface area contributed by atoms with Crippen LogP contribution in [0.15, 0.2) is 0 Å². The van der Waals surface area contributed by atoms with Crippen LogP contribution >= 0.6 is 0 Å². The molecule has 0 radical (unpaired) electrons. The van der Waals surface area contributed by atoms with Gasteiger partial charge in [0.1, 0.15) is 0 Å². The van der Waals surface area contributed by atoms with E-state index < -0.39 is 10.1 Å². The van der Waals surface area contributed by atoms with E-state index in [9.17, 15) is 0 Å². The normalized spacial score (nSPS) is 6.50. The van der Waals surface area contributed by atoms with E-state index in [4.69, 9.17) is 20.2 Å². The molecule has 8 heteroatoms. The highest BCUT2D eigenvalue weighted by Gasteiger charge is 1.83. The van der Waals surface area contributed by atoms with Crippen LogP contribution in [0.3, 0.4) is 0 Å². The topological polar surface area (TPSA) is 137 Å². The molecule has 0 unspecified atom stereocenters. The lowest BCUT2D eigenvalue weighted by atomic mass is 12.4. The van der Waals surface area contributed by atoms with Gasteiger partial charge in [-0.25, -0.2) is 0 Å². The Morgan fingerprint density at radius 2 is 1.38 bits per heavy atom. The first-order chi connectivity index (χ1) is 3.13. The van der Waals surface area contributed by atoms with Crippen molar-refractivity contribution in [3.8, 4) is 0 Å². The monoisotopic (exact) mass is 124 g/mol. The third-order valence-electron chi connectivity index (χ3n) is 0.146. The fraction of sp³-hybridized carbons (Fsp3) is 0. The van der Waals surface area contributed by atoms with Gasteiger partial charge in [0.25, 0.3) is 0 Å². The number of rotatable bonds is 2. The SMILES string of the molecule is O=[N+]([O-])[N-][N+](=O)[O-].[NH4+]. The first-order valence-electron chi connectivity index (χ1n) is 1.13. The maximum Gasteiger partial charge on any atom is 0.0464 e. The van der Waals surface area contributed by atoms with Crippen LogP contribution in [-0.4, -0.2) is 10.1 Å². The Kier molecular flexibility index (Phi) is 4.56. The molecule has 0 rings (SSSR count). The van der Waals surface area contributed by atoms with Gasteiger partial charge in [-0.2, -0.15) is 0 Å². The Labute approximate surface area is 43.3 Å². The maximum atomic E-state index is 9.01. The van der Waals surface area contributed by atoms with Crippen LogP contribution in [-0.2, 0) is 0 Å². The van der Waals surface area contributed by atoms with Crippen molar-refractivity contribution >= 4 is 0 Å². The molecule has 8 nitrogen and oxygen atoms in total. The molecule has 0 bridgehead atoms. The van der Waals surface area contributed by atoms with Gasteiger partial charge >= 0.3 is 0 Å². The van der Waals surface area contributed by atoms with Gasteiger partial charge in [-0.1, -0.05) is 0 Å². The van der Waals surface area contributed by atoms with Crippen LogP contribution in [0.2, 0.25) is 0 Å². The first-order valence-corrected chi connectivity index (χ1v) is 1.13. The van der Waals surface area contributed by atoms with Gasteiger partial charge in [-0.05, 0) is 5.53 Å². The summed E-state index contributed by atoms with van der Waals surface area (Å²) in [6, 6.07) is 0. The summed E-state index contributed by atoms with van der Waals surface area (Å²) in [6.45, 7) is 0. The van der Waals surface area contributed by atoms with E-state index >= 15 is 0 Å². The molecule has 0 saturated carbocycles. The van der Waals surface area contributed by atoms with E-state index in [-0.39, 0.29) is 6.15 Å². The Bertz CT molecular complexity index is 84.2. The molecule has 48 valence electrons. The Morgan fingerprint density at radius 1 is 1.12 bits per heavy atom. The standard InChI is InChI=1S/N3O4.H3N/c4-2(5)1-3(6)7;/h;1H3/q-1;/p+1. The number of nitro groups is 2. The van der Waals surface area contributed by atoms with Gasteiger partial charge in [0.15, 0.2) is 0 Å². The molecule has 0 aliphatic carbocycles. The molecule has 0 atom stereocenters. The van der Waals surface area contributed by atoms with Crippen LogP contribution < -0.4 is 6.15 Å². The maximum absolute atomic E-state index is 9.01. The van der Waals surface area contributed by atoms with E-state index in [2.05, 4.69) is 0 Å². The highest BCUT2D eigenvalue weighted by atomic mass is 16.8. The molecule has 0 aromatic heterocycles. The second kappa shape index (κ2) is 3.74. The zero-order valence-corrected chi connectivity index (χ0v) is 3.97. The lowest BCUT2D eigenvalue weighted by Crippen LogP contribution is -1.97. The van der Waals surface area contributed by atoms with Gasteiger partial charge in [0.05, 0.1) is 0 Å². The molecular weight excluding hydrogens is 120 g/mol. The third kappa shape index (κ3) is 8.82. The minimum Gasteiger partial charge on any atom is -0.369 e. The second-order valence-corrected chi connectivity index (χ2v) is 0.565. The zero-order chi connectivity index (χ0) is 5.86. The highest BCUT2D eigenvalue weighted by Crippen LogP contribution is 1.82. The van der Waals surface area contributed by atoms with Crippen molar-refractivity contribution in [3.05, 3.63) is 25.8 Å². The van der Waals surface area contributed by atoms with Crippen molar-refractivity contribution in [2.24, 2.45) is 0 Å². The summed E-state index contributed by atoms with van der Waals surface area (Å²) in [5, 5.41) is 15.3. The molecule has 0 aromatic rings. The van der Waals surface area contributed by atoms with Gasteiger partial charge < -0.3 is 6.15 Å². The molecule has 0 saturated heterocycles. The number of nitrogens with zero attached hydrogens (tertiary/aromatic N) is 3. The van der Waals surface area contributed by atoms with Gasteiger partial charge in [0, 0.05) is 10.1 Å². The summed E-state index contributed by atoms with van der Waals surface area (Å²) in [5.41, 5.74) is 1.72. The summed E-state index contributed by atoms with van der Waals surface area (Å²) < 4.78 is 0. The molecule has 4 N–H and O–H groups in total. The van der Waals surface area contributed by atoms with Crippen molar-refractivity contribution in [3.63, 3.8) is 0 Å². The quantitative estimate of drug-likeness (QED) is 0.412. The lowest BCUT2D eigenvalue weighted by molar-refractivity contribution is -0.618. The first kappa shape index (κ1) is 9.75. The van der Waals surface area contributed by atoms with Crippen LogP contribution in [0.5, 0.6) is 0 Å². The average Bonchev–Trinajstić information content (AvgIpc) is 1.27. The molecule has 0 aromatic carbocycles. The van der Waals surface area contributed by atoms with E-state index in [1.807, 2.05) is 0 Å². The van der Waals surface area contributed by atoms with Crippen molar-refractivity contribution in [1.29, 1.82) is 0 Å². The van der Waals surface area contributed by atoms with E-state index in [0.717, 1.165) is 0 Å². The van der Waals surface area contributed by atoms with Crippen LogP contribution in [0.1, 0.15) is 0 Å². The number of hydrogen-bond acceptors (Lipinski definition) is 4. The predicted octanol–water partition coefficient (Wildman–Crippen LogP) is 0.120. The summed E-state index contributed by atoms with van der Waals surface area (Å²) in [7, 11) is 0. The summed E-state index contributed by atoms with van der Waals surface area (Å²) in [6.07, 6.45) is 0. The third-order valence-corrected chi connectivity index (χ3v) is 0.146. The minimum absolute atomic E-state index is 0. The molecule has 0 spiro atoms. The van der Waals surface area contributed by atoms with Crippen LogP contribution in [0.4, 0.5) is 0 Å². The minimum atomic E-state index is -1.38. The van der Waals surface area contributed by atoms with Crippen molar-refractivity contribution in [1.82, 2.24) is 6.15 Å². The van der Waals surface area contributed by atoms with Crippen LogP contribution in [0, 0.1) is 20.2 Å². The van der Waals surface area contributed by atoms with Gasteiger partial charge in [-0.3, -0.25) is 20.2 Å². The summed E-state index contributed by atoms with van der Waals surface area (Å²) in [4.78, 5) is 18.0. The van der Waals surface area contributed by atoms with Gasteiger partial charge in [0.2, 0.25) is 0 Å². The second-order valence-electron chi connectivity index (χ2n) is 0.565. The van der Waals surface area contributed by atoms with E-state index in [0.29, 0.717) is 0 Å². The van der Waals surface area contributed by atoms with E-state index in [1.54, 1.807) is 5.53 Å². The number of hydrogen-bond donors (Lipinski definition) is 1. The summed E-state index contributed by atoms with van der Waals surface area (Å²) >= 11 is 0. The average molecular weight is 124 g/mol. The van der Waals surface area contributed by atoms with Crippen molar-refractivity contribution in [2.45, 2.75) is 0 Å². The molecule has 0 fully saturated rings. The summed E-state index contributed by atoms with van der Waals surface area (Å²) in [5.74, 6) is 0. The molecule has 0 amide bonds. The Balaban J connectivity index is 0. The lowest BCUT2D eigenvalue weighted by Gasteiger charge is -1.92. The highest BCUT2D eigenvalue weighted by molar-refractivity contribution is 4.25. The molecule has 0 heterocycles. The number of quaternary nitrogens is 1. The fourth-order valence-corrected chi connectivity index (χ4v) is 0.0596.